The van der Waals surface area contributed by atoms with E-state index in [-0.39, 0.29) is 11.3 Å². The molecule has 0 aliphatic rings. The largest absolute Gasteiger partial charge is 0.444 e. The summed E-state index contributed by atoms with van der Waals surface area (Å²) < 4.78 is 5.20. The van der Waals surface area contributed by atoms with Crippen molar-refractivity contribution >= 4 is 35.1 Å². The average molecular weight is 417 g/mol. The number of carbonyl (C=O) groups excluding carboxylic acids is 3. The van der Waals surface area contributed by atoms with Crippen molar-refractivity contribution in [3.63, 3.8) is 0 Å². The molecule has 0 radical (unpaired) electrons. The van der Waals surface area contributed by atoms with Gasteiger partial charge in [-0.25, -0.2) is 4.79 Å². The van der Waals surface area contributed by atoms with Crippen LogP contribution < -0.4 is 10.6 Å². The van der Waals surface area contributed by atoms with Gasteiger partial charge < -0.3 is 15.4 Å². The van der Waals surface area contributed by atoms with Gasteiger partial charge in [-0.15, -0.1) is 0 Å². The SMILES string of the molecule is CC[C@H](NC(=O)OC(C)(C)C)C(=O)Nc1ccc(Cl)cc1C(=O)c1ccccc1. The third-order valence-corrected chi connectivity index (χ3v) is 4.17. The van der Waals surface area contributed by atoms with Gasteiger partial charge in [-0.1, -0.05) is 48.9 Å². The summed E-state index contributed by atoms with van der Waals surface area (Å²) in [7, 11) is 0. The Morgan fingerprint density at radius 2 is 1.72 bits per heavy atom. The summed E-state index contributed by atoms with van der Waals surface area (Å²) in [6.07, 6.45) is -0.336. The minimum Gasteiger partial charge on any atom is -0.444 e. The topological polar surface area (TPSA) is 84.5 Å². The van der Waals surface area contributed by atoms with Crippen molar-refractivity contribution in [2.24, 2.45) is 0 Å². The molecule has 0 aliphatic heterocycles. The summed E-state index contributed by atoms with van der Waals surface area (Å²) in [5, 5.41) is 5.65. The van der Waals surface area contributed by atoms with Gasteiger partial charge in [0.25, 0.3) is 0 Å². The fourth-order valence-corrected chi connectivity index (χ4v) is 2.75. The number of ketones is 1. The molecule has 154 valence electrons. The van der Waals surface area contributed by atoms with E-state index in [2.05, 4.69) is 10.6 Å². The highest BCUT2D eigenvalue weighted by Crippen LogP contribution is 2.24. The van der Waals surface area contributed by atoms with Crippen molar-refractivity contribution < 1.29 is 19.1 Å². The standard InChI is InChI=1S/C22H25ClN2O4/c1-5-17(25-21(28)29-22(2,3)4)20(27)24-18-12-11-15(23)13-16(18)19(26)14-9-7-6-8-10-14/h6-13,17H,5H2,1-4H3,(H,24,27)(H,25,28)/t17-/m0/s1. The van der Waals surface area contributed by atoms with Gasteiger partial charge in [0.1, 0.15) is 11.6 Å². The highest BCUT2D eigenvalue weighted by molar-refractivity contribution is 6.31. The zero-order valence-electron chi connectivity index (χ0n) is 16.9. The van der Waals surface area contributed by atoms with Gasteiger partial charge in [-0.05, 0) is 45.4 Å². The third kappa shape index (κ3) is 6.61. The number of hydrogen-bond donors (Lipinski definition) is 2. The Balaban J connectivity index is 2.21. The molecule has 2 N–H and O–H groups in total. The Bertz CT molecular complexity index is 891. The van der Waals surface area contributed by atoms with Crippen molar-refractivity contribution in [1.82, 2.24) is 5.32 Å². The van der Waals surface area contributed by atoms with E-state index in [1.807, 2.05) is 6.07 Å². The highest BCUT2D eigenvalue weighted by Gasteiger charge is 2.24. The van der Waals surface area contributed by atoms with Crippen LogP contribution in [0.15, 0.2) is 48.5 Å². The number of amides is 2. The van der Waals surface area contributed by atoms with Crippen molar-refractivity contribution in [2.75, 3.05) is 5.32 Å². The van der Waals surface area contributed by atoms with Crippen LogP contribution in [0.1, 0.15) is 50.0 Å². The van der Waals surface area contributed by atoms with E-state index < -0.39 is 23.6 Å². The fourth-order valence-electron chi connectivity index (χ4n) is 2.58. The second kappa shape index (κ2) is 9.56. The molecule has 29 heavy (non-hydrogen) atoms. The molecule has 0 bridgehead atoms. The van der Waals surface area contributed by atoms with E-state index >= 15 is 0 Å². The Morgan fingerprint density at radius 1 is 1.07 bits per heavy atom. The molecular formula is C22H25ClN2O4. The predicted molar refractivity (Wildman–Crippen MR) is 113 cm³/mol. The van der Waals surface area contributed by atoms with Crippen molar-refractivity contribution in [1.29, 1.82) is 0 Å². The van der Waals surface area contributed by atoms with E-state index in [1.54, 1.807) is 64.1 Å². The summed E-state index contributed by atoms with van der Waals surface area (Å²) in [6, 6.07) is 12.5. The van der Waals surface area contributed by atoms with Crippen molar-refractivity contribution in [2.45, 2.75) is 45.8 Å². The first-order valence-corrected chi connectivity index (χ1v) is 9.68. The lowest BCUT2D eigenvalue weighted by molar-refractivity contribution is -0.118. The Labute approximate surface area is 175 Å². The fraction of sp³-hybridized carbons (Fsp3) is 0.318. The van der Waals surface area contributed by atoms with Gasteiger partial charge >= 0.3 is 6.09 Å². The maximum absolute atomic E-state index is 12.9. The number of anilines is 1. The van der Waals surface area contributed by atoms with Crippen LogP contribution in [-0.4, -0.2) is 29.4 Å². The van der Waals surface area contributed by atoms with Crippen LogP contribution in [0.25, 0.3) is 0 Å². The second-order valence-corrected chi connectivity index (χ2v) is 7.92. The normalized spacial score (nSPS) is 12.0. The molecule has 0 aromatic heterocycles. The summed E-state index contributed by atoms with van der Waals surface area (Å²) >= 11 is 6.07. The zero-order chi connectivity index (χ0) is 21.6. The molecule has 7 heteroatoms. The van der Waals surface area contributed by atoms with Crippen LogP contribution in [0, 0.1) is 0 Å². The lowest BCUT2D eigenvalue weighted by atomic mass is 10.0. The molecule has 0 fully saturated rings. The molecular weight excluding hydrogens is 392 g/mol. The molecule has 0 saturated carbocycles. The summed E-state index contributed by atoms with van der Waals surface area (Å²) in [6.45, 7) is 6.98. The van der Waals surface area contributed by atoms with E-state index in [4.69, 9.17) is 16.3 Å². The third-order valence-electron chi connectivity index (χ3n) is 3.94. The van der Waals surface area contributed by atoms with E-state index in [1.165, 1.54) is 6.07 Å². The minimum absolute atomic E-state index is 0.267. The zero-order valence-corrected chi connectivity index (χ0v) is 17.7. The van der Waals surface area contributed by atoms with Gasteiger partial charge in [-0.2, -0.15) is 0 Å². The first-order valence-electron chi connectivity index (χ1n) is 9.30. The van der Waals surface area contributed by atoms with Gasteiger partial charge in [0.05, 0.1) is 5.69 Å². The molecule has 2 aromatic carbocycles. The van der Waals surface area contributed by atoms with Gasteiger partial charge in [0.2, 0.25) is 5.91 Å². The van der Waals surface area contributed by atoms with E-state index in [9.17, 15) is 14.4 Å². The molecule has 0 unspecified atom stereocenters. The van der Waals surface area contributed by atoms with Crippen LogP contribution in [0.5, 0.6) is 0 Å². The van der Waals surface area contributed by atoms with Crippen molar-refractivity contribution in [3.8, 4) is 0 Å². The van der Waals surface area contributed by atoms with Gasteiger partial charge in [0.15, 0.2) is 5.78 Å². The number of hydrogen-bond acceptors (Lipinski definition) is 4. The van der Waals surface area contributed by atoms with Gasteiger partial charge in [-0.3, -0.25) is 9.59 Å². The minimum atomic E-state index is -0.819. The smallest absolute Gasteiger partial charge is 0.408 e. The molecule has 2 rings (SSSR count). The number of ether oxygens (including phenoxy) is 1. The van der Waals surface area contributed by atoms with Crippen LogP contribution in [-0.2, 0) is 9.53 Å². The van der Waals surface area contributed by atoms with Crippen LogP contribution >= 0.6 is 11.6 Å². The Hall–Kier alpha value is -2.86. The summed E-state index contributed by atoms with van der Waals surface area (Å²) in [5.41, 5.74) is 0.385. The second-order valence-electron chi connectivity index (χ2n) is 7.48. The van der Waals surface area contributed by atoms with Crippen LogP contribution in [0.3, 0.4) is 0 Å². The van der Waals surface area contributed by atoms with E-state index in [0.717, 1.165) is 0 Å². The van der Waals surface area contributed by atoms with Gasteiger partial charge in [0, 0.05) is 16.1 Å². The number of halogens is 1. The molecule has 2 aromatic rings. The molecule has 1 atom stereocenters. The van der Waals surface area contributed by atoms with Crippen molar-refractivity contribution in [3.05, 3.63) is 64.7 Å². The van der Waals surface area contributed by atoms with Crippen LogP contribution in [0.4, 0.5) is 10.5 Å². The highest BCUT2D eigenvalue weighted by atomic mass is 35.5. The molecule has 0 aliphatic carbocycles. The molecule has 0 spiro atoms. The molecule has 2 amide bonds. The Kier molecular flexibility index (Phi) is 7.40. The maximum Gasteiger partial charge on any atom is 0.408 e. The molecule has 6 nitrogen and oxygen atoms in total. The number of benzene rings is 2. The first-order chi connectivity index (χ1) is 13.6. The number of nitrogens with one attached hydrogen (secondary N) is 2. The predicted octanol–water partition coefficient (Wildman–Crippen LogP) is 4.81. The first kappa shape index (κ1) is 22.4. The lowest BCUT2D eigenvalue weighted by Crippen LogP contribution is -2.45. The average Bonchev–Trinajstić information content (AvgIpc) is 2.66. The lowest BCUT2D eigenvalue weighted by Gasteiger charge is -2.23. The number of alkyl carbamates (subject to hydrolysis) is 1. The van der Waals surface area contributed by atoms with Crippen LogP contribution in [0.2, 0.25) is 5.02 Å². The molecule has 0 heterocycles. The maximum atomic E-state index is 12.9. The monoisotopic (exact) mass is 416 g/mol. The number of carbonyl (C=O) groups is 3. The summed E-state index contributed by atoms with van der Waals surface area (Å²) in [4.78, 5) is 37.6. The summed E-state index contributed by atoms with van der Waals surface area (Å²) in [5.74, 6) is -0.723. The number of rotatable bonds is 6. The molecule has 0 saturated heterocycles. The van der Waals surface area contributed by atoms with E-state index in [0.29, 0.717) is 22.7 Å². The quantitative estimate of drug-likeness (QED) is 0.661. The Morgan fingerprint density at radius 3 is 2.31 bits per heavy atom.